The van der Waals surface area contributed by atoms with Crippen molar-refractivity contribution < 1.29 is 4.74 Å². The first kappa shape index (κ1) is 13.1. The molecule has 0 bridgehead atoms. The van der Waals surface area contributed by atoms with Gasteiger partial charge in [-0.05, 0) is 26.3 Å². The monoisotopic (exact) mass is 273 g/mol. The lowest BCUT2D eigenvalue weighted by atomic mass is 10.2. The molecule has 1 saturated heterocycles. The van der Waals surface area contributed by atoms with Gasteiger partial charge in [0.15, 0.2) is 0 Å². The highest BCUT2D eigenvalue weighted by molar-refractivity contribution is 5.26. The Hall–Kier alpha value is -1.95. The molecule has 1 aliphatic rings. The maximum absolute atomic E-state index is 5.31. The highest BCUT2D eigenvalue weighted by atomic mass is 16.5. The molecule has 1 atom stereocenters. The van der Waals surface area contributed by atoms with Crippen molar-refractivity contribution in [3.63, 3.8) is 0 Å². The second kappa shape index (κ2) is 5.58. The predicted octanol–water partition coefficient (Wildman–Crippen LogP) is 1.85. The molecule has 0 unspecified atom stereocenters. The zero-order valence-electron chi connectivity index (χ0n) is 11.8. The summed E-state index contributed by atoms with van der Waals surface area (Å²) in [5, 5.41) is 6.93. The number of aromatic amines is 1. The molecule has 106 valence electrons. The Morgan fingerprint density at radius 2 is 2.35 bits per heavy atom. The molecule has 1 N–H and O–H groups in total. The summed E-state index contributed by atoms with van der Waals surface area (Å²) in [5.74, 6) is 1.81. The maximum atomic E-state index is 5.31. The quantitative estimate of drug-likeness (QED) is 0.921. The SMILES string of the molecule is COc1cc(C)nc(CN2CCC[C@H]2c2ncn[nH]2)c1. The standard InChI is InChI=1S/C14H19N5O/c1-10-6-12(20-2)7-11(17-10)8-19-5-3-4-13(19)14-15-9-16-18-14/h6-7,9,13H,3-5,8H2,1-2H3,(H,15,16,18)/t13-/m0/s1. The Bertz CT molecular complexity index is 569. The lowest BCUT2D eigenvalue weighted by molar-refractivity contribution is 0.237. The molecular formula is C14H19N5O. The van der Waals surface area contributed by atoms with Crippen LogP contribution in [0.25, 0.3) is 0 Å². The van der Waals surface area contributed by atoms with Crippen molar-refractivity contribution in [3.8, 4) is 5.75 Å². The average Bonchev–Trinajstić information content (AvgIpc) is 3.08. The van der Waals surface area contributed by atoms with E-state index in [4.69, 9.17) is 4.74 Å². The first-order valence-corrected chi connectivity index (χ1v) is 6.87. The van der Waals surface area contributed by atoms with Crippen LogP contribution in [-0.4, -0.2) is 38.7 Å². The molecule has 3 rings (SSSR count). The fourth-order valence-corrected chi connectivity index (χ4v) is 2.81. The third-order valence-corrected chi connectivity index (χ3v) is 3.69. The smallest absolute Gasteiger partial charge is 0.141 e. The van der Waals surface area contributed by atoms with E-state index in [0.29, 0.717) is 6.04 Å². The van der Waals surface area contributed by atoms with Crippen LogP contribution in [0.1, 0.15) is 36.1 Å². The van der Waals surface area contributed by atoms with Crippen LogP contribution in [0.4, 0.5) is 0 Å². The Morgan fingerprint density at radius 1 is 1.45 bits per heavy atom. The molecule has 0 aliphatic carbocycles. The lowest BCUT2D eigenvalue weighted by Gasteiger charge is -2.22. The number of nitrogens with one attached hydrogen (secondary N) is 1. The van der Waals surface area contributed by atoms with Crippen molar-refractivity contribution >= 4 is 0 Å². The molecule has 2 aromatic rings. The zero-order valence-corrected chi connectivity index (χ0v) is 11.8. The first-order chi connectivity index (χ1) is 9.76. The van der Waals surface area contributed by atoms with Gasteiger partial charge in [0.05, 0.1) is 18.8 Å². The van der Waals surface area contributed by atoms with Gasteiger partial charge in [0.2, 0.25) is 0 Å². The summed E-state index contributed by atoms with van der Waals surface area (Å²) in [4.78, 5) is 11.3. The Labute approximate surface area is 118 Å². The van der Waals surface area contributed by atoms with Crippen LogP contribution in [0.2, 0.25) is 0 Å². The summed E-state index contributed by atoms with van der Waals surface area (Å²) in [7, 11) is 1.69. The minimum atomic E-state index is 0.311. The van der Waals surface area contributed by atoms with Gasteiger partial charge >= 0.3 is 0 Å². The molecule has 1 aliphatic heterocycles. The largest absolute Gasteiger partial charge is 0.497 e. The van der Waals surface area contributed by atoms with E-state index in [1.54, 1.807) is 13.4 Å². The summed E-state index contributed by atoms with van der Waals surface area (Å²) < 4.78 is 5.31. The van der Waals surface area contributed by atoms with Crippen LogP contribution >= 0.6 is 0 Å². The average molecular weight is 273 g/mol. The first-order valence-electron chi connectivity index (χ1n) is 6.87. The van der Waals surface area contributed by atoms with E-state index >= 15 is 0 Å². The van der Waals surface area contributed by atoms with Crippen molar-refractivity contribution in [2.24, 2.45) is 0 Å². The highest BCUT2D eigenvalue weighted by Crippen LogP contribution is 2.31. The van der Waals surface area contributed by atoms with E-state index in [-0.39, 0.29) is 0 Å². The number of aryl methyl sites for hydroxylation is 1. The molecule has 20 heavy (non-hydrogen) atoms. The summed E-state index contributed by atoms with van der Waals surface area (Å²) >= 11 is 0. The molecule has 0 aromatic carbocycles. The van der Waals surface area contributed by atoms with Crippen LogP contribution in [0.5, 0.6) is 5.75 Å². The topological polar surface area (TPSA) is 66.9 Å². The van der Waals surface area contributed by atoms with Crippen LogP contribution in [0, 0.1) is 6.92 Å². The number of nitrogens with zero attached hydrogens (tertiary/aromatic N) is 4. The zero-order chi connectivity index (χ0) is 13.9. The fraction of sp³-hybridized carbons (Fsp3) is 0.500. The second-order valence-corrected chi connectivity index (χ2v) is 5.14. The molecular weight excluding hydrogens is 254 g/mol. The summed E-state index contributed by atoms with van der Waals surface area (Å²) in [6.07, 6.45) is 3.85. The maximum Gasteiger partial charge on any atom is 0.141 e. The Balaban J connectivity index is 1.78. The molecule has 2 aromatic heterocycles. The van der Waals surface area contributed by atoms with E-state index in [0.717, 1.165) is 42.5 Å². The number of aromatic nitrogens is 4. The van der Waals surface area contributed by atoms with E-state index < -0.39 is 0 Å². The predicted molar refractivity (Wildman–Crippen MR) is 74.3 cm³/mol. The van der Waals surface area contributed by atoms with Gasteiger partial charge in [-0.2, -0.15) is 5.10 Å². The number of hydrogen-bond donors (Lipinski definition) is 1. The fourth-order valence-electron chi connectivity index (χ4n) is 2.81. The second-order valence-electron chi connectivity index (χ2n) is 5.14. The molecule has 6 heteroatoms. The van der Waals surface area contributed by atoms with Crippen molar-refractivity contribution in [1.29, 1.82) is 0 Å². The third-order valence-electron chi connectivity index (χ3n) is 3.69. The number of likely N-dealkylation sites (tertiary alicyclic amines) is 1. The van der Waals surface area contributed by atoms with E-state index in [1.165, 1.54) is 6.42 Å². The molecule has 0 saturated carbocycles. The lowest BCUT2D eigenvalue weighted by Crippen LogP contribution is -2.24. The van der Waals surface area contributed by atoms with Crippen molar-refractivity contribution in [1.82, 2.24) is 25.1 Å². The van der Waals surface area contributed by atoms with E-state index in [2.05, 4.69) is 25.1 Å². The van der Waals surface area contributed by atoms with Gasteiger partial charge in [0.25, 0.3) is 0 Å². The third kappa shape index (κ3) is 2.65. The van der Waals surface area contributed by atoms with Gasteiger partial charge in [-0.15, -0.1) is 0 Å². The molecule has 3 heterocycles. The van der Waals surface area contributed by atoms with Crippen molar-refractivity contribution in [2.75, 3.05) is 13.7 Å². The van der Waals surface area contributed by atoms with Gasteiger partial charge < -0.3 is 4.74 Å². The van der Waals surface area contributed by atoms with Crippen LogP contribution < -0.4 is 4.74 Å². The number of H-pyrrole nitrogens is 1. The molecule has 6 nitrogen and oxygen atoms in total. The van der Waals surface area contributed by atoms with Gasteiger partial charge in [-0.25, -0.2) is 4.98 Å². The van der Waals surface area contributed by atoms with Crippen molar-refractivity contribution in [3.05, 3.63) is 35.7 Å². The van der Waals surface area contributed by atoms with Crippen LogP contribution in [0.3, 0.4) is 0 Å². The molecule has 0 amide bonds. The number of ether oxygens (including phenoxy) is 1. The van der Waals surface area contributed by atoms with Crippen LogP contribution in [-0.2, 0) is 6.54 Å². The van der Waals surface area contributed by atoms with E-state index in [1.807, 2.05) is 19.1 Å². The summed E-state index contributed by atoms with van der Waals surface area (Å²) in [5.41, 5.74) is 2.02. The van der Waals surface area contributed by atoms with Gasteiger partial charge in [0.1, 0.15) is 17.9 Å². The Kier molecular flexibility index (Phi) is 3.64. The molecule has 0 radical (unpaired) electrons. The number of methoxy groups -OCH3 is 1. The highest BCUT2D eigenvalue weighted by Gasteiger charge is 2.28. The number of pyridine rings is 1. The van der Waals surface area contributed by atoms with E-state index in [9.17, 15) is 0 Å². The molecule has 1 fully saturated rings. The Morgan fingerprint density at radius 3 is 3.10 bits per heavy atom. The van der Waals surface area contributed by atoms with Gasteiger partial charge in [0, 0.05) is 24.4 Å². The van der Waals surface area contributed by atoms with Crippen LogP contribution in [0.15, 0.2) is 18.5 Å². The minimum Gasteiger partial charge on any atom is -0.497 e. The van der Waals surface area contributed by atoms with Crippen molar-refractivity contribution in [2.45, 2.75) is 32.4 Å². The van der Waals surface area contributed by atoms with Gasteiger partial charge in [-0.3, -0.25) is 15.0 Å². The summed E-state index contributed by atoms with van der Waals surface area (Å²) in [6, 6.07) is 4.26. The number of rotatable bonds is 4. The molecule has 0 spiro atoms. The minimum absolute atomic E-state index is 0.311. The number of hydrogen-bond acceptors (Lipinski definition) is 5. The summed E-state index contributed by atoms with van der Waals surface area (Å²) in [6.45, 7) is 3.86. The normalized spacial score (nSPS) is 19.4. The van der Waals surface area contributed by atoms with Gasteiger partial charge in [-0.1, -0.05) is 0 Å².